The molecule has 0 N–H and O–H groups in total. The van der Waals surface area contributed by atoms with E-state index in [9.17, 15) is 13.2 Å². The van der Waals surface area contributed by atoms with Crippen molar-refractivity contribution in [3.63, 3.8) is 0 Å². The van der Waals surface area contributed by atoms with E-state index in [2.05, 4.69) is 46.0 Å². The fourth-order valence-corrected chi connectivity index (χ4v) is 3.46. The molecule has 0 saturated heterocycles. The fourth-order valence-electron chi connectivity index (χ4n) is 3.46. The summed E-state index contributed by atoms with van der Waals surface area (Å²) >= 11 is 0. The molecule has 0 aliphatic heterocycles. The Morgan fingerprint density at radius 1 is 0.857 bits per heavy atom. The third kappa shape index (κ3) is 3.38. The van der Waals surface area contributed by atoms with E-state index in [0.29, 0.717) is 12.2 Å². The summed E-state index contributed by atoms with van der Waals surface area (Å²) in [5.74, 6) is 0. The van der Waals surface area contributed by atoms with Crippen molar-refractivity contribution in [1.82, 2.24) is 4.57 Å². The fraction of sp³-hybridized carbons (Fsp3) is 0.182. The topological polar surface area (TPSA) is 29.6 Å². The van der Waals surface area contributed by atoms with Crippen LogP contribution in [0.25, 0.3) is 21.8 Å². The molecule has 1 heterocycles. The predicted molar refractivity (Wildman–Crippen MR) is 105 cm³/mol. The van der Waals surface area contributed by atoms with Gasteiger partial charge in [-0.1, -0.05) is 24.3 Å². The zero-order valence-electron chi connectivity index (χ0n) is 15.2. The van der Waals surface area contributed by atoms with Crippen LogP contribution in [0.3, 0.4) is 0 Å². The number of hydrogen-bond acceptors (Lipinski definition) is 2. The second-order valence-corrected chi connectivity index (χ2v) is 6.56. The molecular weight excluding hydrogens is 363 g/mol. The summed E-state index contributed by atoms with van der Waals surface area (Å²) in [5, 5.41) is 10.6. The summed E-state index contributed by atoms with van der Waals surface area (Å²) in [6, 6.07) is 19.2. The van der Waals surface area contributed by atoms with Crippen LogP contribution in [0.2, 0.25) is 0 Å². The highest BCUT2D eigenvalue weighted by Gasteiger charge is 2.29. The average molecular weight is 381 g/mol. The van der Waals surface area contributed by atoms with Gasteiger partial charge in [0.25, 0.3) is 0 Å². The predicted octanol–water partition coefficient (Wildman–Crippen LogP) is 7.12. The molecule has 3 aromatic carbocycles. The second kappa shape index (κ2) is 7.11. The SMILES string of the molecule is CCn1c2ccccc2c2cc(CN=Nc3ccc(C(F)(F)F)cc3)ccc21. The van der Waals surface area contributed by atoms with E-state index in [4.69, 9.17) is 0 Å². The third-order valence-corrected chi connectivity index (χ3v) is 4.79. The summed E-state index contributed by atoms with van der Waals surface area (Å²) in [4.78, 5) is 0. The van der Waals surface area contributed by atoms with Crippen LogP contribution in [0.15, 0.2) is 77.0 Å². The molecule has 3 nitrogen and oxygen atoms in total. The first-order chi connectivity index (χ1) is 13.5. The Bertz CT molecular complexity index is 1160. The lowest BCUT2D eigenvalue weighted by Gasteiger charge is -2.05. The van der Waals surface area contributed by atoms with Gasteiger partial charge >= 0.3 is 6.18 Å². The van der Waals surface area contributed by atoms with Crippen molar-refractivity contribution in [3.8, 4) is 0 Å². The molecule has 0 saturated carbocycles. The standard InChI is InChI=1S/C22H18F3N3/c1-2-28-20-6-4-3-5-18(20)19-13-15(7-12-21(19)28)14-26-27-17-10-8-16(9-11-17)22(23,24)25/h3-13H,2,14H2,1H3. The number of nitrogens with zero attached hydrogens (tertiary/aromatic N) is 3. The number of hydrogen-bond donors (Lipinski definition) is 0. The van der Waals surface area contributed by atoms with E-state index in [0.717, 1.165) is 24.2 Å². The lowest BCUT2D eigenvalue weighted by atomic mass is 10.1. The van der Waals surface area contributed by atoms with Gasteiger partial charge < -0.3 is 4.57 Å². The highest BCUT2D eigenvalue weighted by Crippen LogP contribution is 2.31. The number of fused-ring (bicyclic) bond motifs is 3. The van der Waals surface area contributed by atoms with Gasteiger partial charge in [0.15, 0.2) is 0 Å². The van der Waals surface area contributed by atoms with Crippen LogP contribution in [-0.2, 0) is 19.3 Å². The monoisotopic (exact) mass is 381 g/mol. The highest BCUT2D eigenvalue weighted by molar-refractivity contribution is 6.08. The summed E-state index contributed by atoms with van der Waals surface area (Å²) in [6.45, 7) is 3.37. The number of alkyl halides is 3. The molecule has 142 valence electrons. The molecule has 0 aliphatic rings. The lowest BCUT2D eigenvalue weighted by molar-refractivity contribution is -0.137. The summed E-state index contributed by atoms with van der Waals surface area (Å²) in [6.07, 6.45) is -4.34. The van der Waals surface area contributed by atoms with E-state index >= 15 is 0 Å². The van der Waals surface area contributed by atoms with Crippen molar-refractivity contribution in [2.75, 3.05) is 0 Å². The quantitative estimate of drug-likeness (QED) is 0.337. The van der Waals surface area contributed by atoms with Crippen molar-refractivity contribution in [3.05, 3.63) is 77.9 Å². The molecule has 0 spiro atoms. The molecule has 4 aromatic rings. The Hall–Kier alpha value is -3.15. The van der Waals surface area contributed by atoms with Crippen LogP contribution < -0.4 is 0 Å². The molecule has 6 heteroatoms. The molecule has 0 amide bonds. The highest BCUT2D eigenvalue weighted by atomic mass is 19.4. The molecular formula is C22H18F3N3. The molecule has 0 radical (unpaired) electrons. The smallest absolute Gasteiger partial charge is 0.341 e. The van der Waals surface area contributed by atoms with Crippen molar-refractivity contribution in [2.45, 2.75) is 26.2 Å². The Balaban J connectivity index is 1.58. The Morgan fingerprint density at radius 3 is 2.29 bits per heavy atom. The first-order valence-corrected chi connectivity index (χ1v) is 9.02. The molecule has 0 fully saturated rings. The van der Waals surface area contributed by atoms with E-state index < -0.39 is 11.7 Å². The first-order valence-electron chi connectivity index (χ1n) is 9.02. The Morgan fingerprint density at radius 2 is 1.57 bits per heavy atom. The van der Waals surface area contributed by atoms with Crippen molar-refractivity contribution >= 4 is 27.5 Å². The molecule has 0 bridgehead atoms. The largest absolute Gasteiger partial charge is 0.416 e. The third-order valence-electron chi connectivity index (χ3n) is 4.79. The maximum atomic E-state index is 12.6. The van der Waals surface area contributed by atoms with Crippen LogP contribution >= 0.6 is 0 Å². The van der Waals surface area contributed by atoms with Gasteiger partial charge in [-0.3, -0.25) is 0 Å². The average Bonchev–Trinajstić information content (AvgIpc) is 3.01. The van der Waals surface area contributed by atoms with Gasteiger partial charge in [-0.05, 0) is 55.0 Å². The van der Waals surface area contributed by atoms with Crippen molar-refractivity contribution < 1.29 is 13.2 Å². The van der Waals surface area contributed by atoms with Gasteiger partial charge in [0.1, 0.15) is 0 Å². The van der Waals surface area contributed by atoms with E-state index in [1.165, 1.54) is 33.9 Å². The van der Waals surface area contributed by atoms with Crippen LogP contribution in [0.1, 0.15) is 18.1 Å². The minimum atomic E-state index is -4.34. The van der Waals surface area contributed by atoms with Crippen LogP contribution in [0.5, 0.6) is 0 Å². The van der Waals surface area contributed by atoms with E-state index in [1.807, 2.05) is 18.2 Å². The Labute approximate surface area is 160 Å². The minimum absolute atomic E-state index is 0.364. The number of para-hydroxylation sites is 1. The van der Waals surface area contributed by atoms with Gasteiger partial charge in [-0.25, -0.2) is 0 Å². The first kappa shape index (κ1) is 18.2. The molecule has 0 aliphatic carbocycles. The van der Waals surface area contributed by atoms with E-state index in [1.54, 1.807) is 0 Å². The number of halogens is 3. The van der Waals surface area contributed by atoms with Crippen molar-refractivity contribution in [1.29, 1.82) is 0 Å². The summed E-state index contributed by atoms with van der Waals surface area (Å²) in [5.41, 5.74) is 3.08. The molecule has 4 rings (SSSR count). The molecule has 0 unspecified atom stereocenters. The zero-order chi connectivity index (χ0) is 19.7. The Kier molecular flexibility index (Phi) is 4.63. The van der Waals surface area contributed by atoms with Gasteiger partial charge in [-0.2, -0.15) is 23.4 Å². The second-order valence-electron chi connectivity index (χ2n) is 6.56. The van der Waals surface area contributed by atoms with E-state index in [-0.39, 0.29) is 0 Å². The lowest BCUT2D eigenvalue weighted by Crippen LogP contribution is -2.03. The number of benzene rings is 3. The maximum absolute atomic E-state index is 12.6. The van der Waals surface area contributed by atoms with Crippen LogP contribution in [0, 0.1) is 0 Å². The van der Waals surface area contributed by atoms with Crippen LogP contribution in [0.4, 0.5) is 18.9 Å². The molecule has 0 atom stereocenters. The maximum Gasteiger partial charge on any atom is 0.416 e. The summed E-state index contributed by atoms with van der Waals surface area (Å²) in [7, 11) is 0. The van der Waals surface area contributed by atoms with Gasteiger partial charge in [0.05, 0.1) is 17.8 Å². The number of rotatable bonds is 4. The zero-order valence-corrected chi connectivity index (χ0v) is 15.2. The number of aromatic nitrogens is 1. The normalized spacial score (nSPS) is 12.4. The van der Waals surface area contributed by atoms with Gasteiger partial charge in [-0.15, -0.1) is 0 Å². The molecule has 28 heavy (non-hydrogen) atoms. The number of aryl methyl sites for hydroxylation is 1. The van der Waals surface area contributed by atoms with Crippen molar-refractivity contribution in [2.24, 2.45) is 10.2 Å². The van der Waals surface area contributed by atoms with Crippen LogP contribution in [-0.4, -0.2) is 4.57 Å². The molecule has 1 aromatic heterocycles. The minimum Gasteiger partial charge on any atom is -0.341 e. The summed E-state index contributed by atoms with van der Waals surface area (Å²) < 4.78 is 40.1. The van der Waals surface area contributed by atoms with Gasteiger partial charge in [0, 0.05) is 28.4 Å². The van der Waals surface area contributed by atoms with Gasteiger partial charge in [0.2, 0.25) is 0 Å². The number of azo groups is 1.